The predicted molar refractivity (Wildman–Crippen MR) is 109 cm³/mol. The molecule has 162 valence electrons. The van der Waals surface area contributed by atoms with Gasteiger partial charge < -0.3 is 20.1 Å². The zero-order valence-corrected chi connectivity index (χ0v) is 16.7. The fourth-order valence-electron chi connectivity index (χ4n) is 3.58. The second-order valence-corrected chi connectivity index (χ2v) is 7.48. The van der Waals surface area contributed by atoms with Gasteiger partial charge in [-0.15, -0.1) is 5.10 Å². The number of imidazole rings is 2. The lowest BCUT2D eigenvalue weighted by Gasteiger charge is -2.32. The van der Waals surface area contributed by atoms with Crippen LogP contribution in [0.4, 0.5) is 24.9 Å². The largest absolute Gasteiger partial charge is 0.435 e. The predicted octanol–water partition coefficient (Wildman–Crippen LogP) is 2.38. The number of benzene rings is 1. The minimum atomic E-state index is -4.58. The normalized spacial score (nSPS) is 15.8. The summed E-state index contributed by atoms with van der Waals surface area (Å²) in [6.07, 6.45) is -3.80. The monoisotopic (exact) mass is 431 g/mol. The SMILES string of the molecule is CN1CCN(c2nc(NCc3nc4ccccc4[nH]3)c3ncc(C(F)(F)F)n3n2)CC1. The molecule has 5 rings (SSSR count). The zero-order valence-electron chi connectivity index (χ0n) is 16.7. The number of H-pyrrole nitrogens is 1. The molecular formula is C19H20F3N9. The van der Waals surface area contributed by atoms with E-state index in [2.05, 4.69) is 35.3 Å². The van der Waals surface area contributed by atoms with E-state index < -0.39 is 11.9 Å². The molecule has 4 aromatic rings. The highest BCUT2D eigenvalue weighted by Gasteiger charge is 2.36. The average molecular weight is 431 g/mol. The molecule has 1 aromatic carbocycles. The summed E-state index contributed by atoms with van der Waals surface area (Å²) in [4.78, 5) is 20.1. The zero-order chi connectivity index (χ0) is 21.6. The first-order valence-electron chi connectivity index (χ1n) is 9.82. The Morgan fingerprint density at radius 3 is 2.61 bits per heavy atom. The van der Waals surface area contributed by atoms with Crippen LogP contribution in [0, 0.1) is 0 Å². The lowest BCUT2D eigenvalue weighted by molar-refractivity contribution is -0.142. The Labute approximate surface area is 174 Å². The van der Waals surface area contributed by atoms with E-state index in [0.29, 0.717) is 18.9 Å². The number of halogens is 3. The van der Waals surface area contributed by atoms with Crippen molar-refractivity contribution in [3.63, 3.8) is 0 Å². The van der Waals surface area contributed by atoms with Gasteiger partial charge in [0.2, 0.25) is 5.95 Å². The third kappa shape index (κ3) is 3.74. The van der Waals surface area contributed by atoms with Crippen molar-refractivity contribution in [1.29, 1.82) is 0 Å². The second kappa shape index (κ2) is 7.38. The number of rotatable bonds is 4. The molecule has 0 spiro atoms. The van der Waals surface area contributed by atoms with Crippen LogP contribution in [0.25, 0.3) is 16.7 Å². The van der Waals surface area contributed by atoms with Crippen molar-refractivity contribution in [2.45, 2.75) is 12.7 Å². The Kier molecular flexibility index (Phi) is 4.65. The van der Waals surface area contributed by atoms with E-state index in [4.69, 9.17) is 0 Å². The van der Waals surface area contributed by atoms with Crippen LogP contribution in [0.1, 0.15) is 11.5 Å². The number of nitrogens with zero attached hydrogens (tertiary/aromatic N) is 7. The molecule has 1 saturated heterocycles. The van der Waals surface area contributed by atoms with E-state index in [1.807, 2.05) is 36.2 Å². The van der Waals surface area contributed by atoms with Crippen molar-refractivity contribution in [2.24, 2.45) is 0 Å². The van der Waals surface area contributed by atoms with Gasteiger partial charge in [-0.1, -0.05) is 12.1 Å². The third-order valence-corrected chi connectivity index (χ3v) is 5.29. The highest BCUT2D eigenvalue weighted by Crippen LogP contribution is 2.31. The molecular weight excluding hydrogens is 411 g/mol. The second-order valence-electron chi connectivity index (χ2n) is 7.48. The van der Waals surface area contributed by atoms with Crippen LogP contribution < -0.4 is 10.2 Å². The minimum Gasteiger partial charge on any atom is -0.360 e. The number of aromatic nitrogens is 6. The molecule has 0 saturated carbocycles. The number of nitrogens with one attached hydrogen (secondary N) is 2. The Morgan fingerprint density at radius 1 is 1.10 bits per heavy atom. The van der Waals surface area contributed by atoms with E-state index in [1.165, 1.54) is 0 Å². The van der Waals surface area contributed by atoms with E-state index >= 15 is 0 Å². The van der Waals surface area contributed by atoms with Crippen molar-refractivity contribution in [2.75, 3.05) is 43.4 Å². The fourth-order valence-corrected chi connectivity index (χ4v) is 3.58. The molecule has 0 bridgehead atoms. The summed E-state index contributed by atoms with van der Waals surface area (Å²) in [7, 11) is 2.00. The summed E-state index contributed by atoms with van der Waals surface area (Å²) >= 11 is 0. The molecule has 31 heavy (non-hydrogen) atoms. The molecule has 9 nitrogen and oxygen atoms in total. The molecule has 1 fully saturated rings. The Morgan fingerprint density at radius 2 is 1.87 bits per heavy atom. The Bertz CT molecular complexity index is 1190. The number of fused-ring (bicyclic) bond motifs is 2. The molecule has 3 aromatic heterocycles. The van der Waals surface area contributed by atoms with Crippen molar-refractivity contribution in [3.8, 4) is 0 Å². The summed E-state index contributed by atoms with van der Waals surface area (Å²) in [6.45, 7) is 3.05. The summed E-state index contributed by atoms with van der Waals surface area (Å²) in [5, 5.41) is 7.25. The molecule has 0 radical (unpaired) electrons. The highest BCUT2D eigenvalue weighted by atomic mass is 19.4. The molecule has 0 aliphatic carbocycles. The topological polar surface area (TPSA) is 90.3 Å². The van der Waals surface area contributed by atoms with Crippen molar-refractivity contribution in [3.05, 3.63) is 42.0 Å². The first-order chi connectivity index (χ1) is 14.9. The van der Waals surface area contributed by atoms with Gasteiger partial charge in [0.05, 0.1) is 23.8 Å². The molecule has 2 N–H and O–H groups in total. The van der Waals surface area contributed by atoms with Gasteiger partial charge in [-0.25, -0.2) is 14.5 Å². The molecule has 0 atom stereocenters. The van der Waals surface area contributed by atoms with Crippen LogP contribution in [0.2, 0.25) is 0 Å². The first-order valence-corrected chi connectivity index (χ1v) is 9.82. The third-order valence-electron chi connectivity index (χ3n) is 5.29. The Balaban J connectivity index is 1.51. The average Bonchev–Trinajstić information content (AvgIpc) is 3.36. The molecule has 1 aliphatic rings. The van der Waals surface area contributed by atoms with Crippen molar-refractivity contribution >= 4 is 28.4 Å². The highest BCUT2D eigenvalue weighted by molar-refractivity contribution is 5.74. The maximum atomic E-state index is 13.5. The van der Waals surface area contributed by atoms with Crippen molar-refractivity contribution < 1.29 is 13.2 Å². The number of hydrogen-bond donors (Lipinski definition) is 2. The lowest BCUT2D eigenvalue weighted by atomic mass is 10.3. The molecule has 1 aliphatic heterocycles. The summed E-state index contributed by atoms with van der Waals surface area (Å²) in [6, 6.07) is 7.58. The van der Waals surface area contributed by atoms with E-state index in [-0.39, 0.29) is 24.0 Å². The summed E-state index contributed by atoms with van der Waals surface area (Å²) in [5.41, 5.74) is 0.768. The van der Waals surface area contributed by atoms with E-state index in [9.17, 15) is 13.2 Å². The molecule has 0 amide bonds. The summed E-state index contributed by atoms with van der Waals surface area (Å²) in [5.74, 6) is 1.10. The summed E-state index contributed by atoms with van der Waals surface area (Å²) < 4.78 is 41.3. The van der Waals surface area contributed by atoms with E-state index in [1.54, 1.807) is 0 Å². The van der Waals surface area contributed by atoms with Crippen LogP contribution in [0.3, 0.4) is 0 Å². The molecule has 0 unspecified atom stereocenters. The number of aromatic amines is 1. The van der Waals surface area contributed by atoms with Crippen molar-refractivity contribution in [1.82, 2.24) is 34.4 Å². The number of para-hydroxylation sites is 2. The fraction of sp³-hybridized carbons (Fsp3) is 0.368. The van der Waals surface area contributed by atoms with Gasteiger partial charge in [0.15, 0.2) is 17.2 Å². The minimum absolute atomic E-state index is 0.0151. The van der Waals surface area contributed by atoms with E-state index in [0.717, 1.165) is 34.8 Å². The lowest BCUT2D eigenvalue weighted by Crippen LogP contribution is -2.45. The van der Waals surface area contributed by atoms with Gasteiger partial charge in [-0.05, 0) is 19.2 Å². The first kappa shape index (κ1) is 19.5. The van der Waals surface area contributed by atoms with Crippen LogP contribution in [0.5, 0.6) is 0 Å². The Hall–Kier alpha value is -3.41. The van der Waals surface area contributed by atoms with Gasteiger partial charge in [0, 0.05) is 26.2 Å². The van der Waals surface area contributed by atoms with Gasteiger partial charge >= 0.3 is 6.18 Å². The number of likely N-dealkylation sites (N-methyl/N-ethyl adjacent to an activating group) is 1. The van der Waals surface area contributed by atoms with Gasteiger partial charge in [-0.2, -0.15) is 18.2 Å². The quantitative estimate of drug-likeness (QED) is 0.513. The number of alkyl halides is 3. The number of piperazine rings is 1. The van der Waals surface area contributed by atoms with Gasteiger partial charge in [0.25, 0.3) is 0 Å². The standard InChI is InChI=1S/C19H20F3N9/c1-29-6-8-30(9-7-29)18-27-16(17-24-10-14(19(20,21)22)31(17)28-18)23-11-15-25-12-4-2-3-5-13(12)26-15/h2-5,10H,6-9,11H2,1H3,(H,25,26)(H,23,27,28). The van der Waals surface area contributed by atoms with Crippen LogP contribution in [-0.2, 0) is 12.7 Å². The van der Waals surface area contributed by atoms with Crippen LogP contribution >= 0.6 is 0 Å². The maximum absolute atomic E-state index is 13.5. The molecule has 4 heterocycles. The van der Waals surface area contributed by atoms with Crippen LogP contribution in [0.15, 0.2) is 30.5 Å². The van der Waals surface area contributed by atoms with Crippen LogP contribution in [-0.4, -0.2) is 67.7 Å². The smallest absolute Gasteiger partial charge is 0.360 e. The number of anilines is 2. The molecule has 12 heteroatoms. The number of hydrogen-bond acceptors (Lipinski definition) is 7. The van der Waals surface area contributed by atoms with Gasteiger partial charge in [-0.3, -0.25) is 0 Å². The maximum Gasteiger partial charge on any atom is 0.435 e. The van der Waals surface area contributed by atoms with Gasteiger partial charge in [0.1, 0.15) is 5.82 Å².